The van der Waals surface area contributed by atoms with E-state index < -0.39 is 0 Å². The van der Waals surface area contributed by atoms with Gasteiger partial charge in [0.25, 0.3) is 0 Å². The molecule has 1 amide bonds. The van der Waals surface area contributed by atoms with Crippen LogP contribution < -0.4 is 5.32 Å². The minimum atomic E-state index is -0.0209. The molecule has 0 heterocycles. The van der Waals surface area contributed by atoms with Gasteiger partial charge in [-0.25, -0.2) is 0 Å². The maximum Gasteiger partial charge on any atom is 0.224 e. The van der Waals surface area contributed by atoms with E-state index in [2.05, 4.69) is 27.3 Å². The summed E-state index contributed by atoms with van der Waals surface area (Å²) in [7, 11) is 0. The number of amides is 1. The van der Waals surface area contributed by atoms with Crippen LogP contribution in [-0.2, 0) is 17.8 Å². The van der Waals surface area contributed by atoms with E-state index >= 15 is 0 Å². The van der Waals surface area contributed by atoms with E-state index in [-0.39, 0.29) is 5.91 Å². The van der Waals surface area contributed by atoms with E-state index in [9.17, 15) is 4.79 Å². The first kappa shape index (κ1) is 14.3. The number of nitrogens with one attached hydrogen (secondary N) is 1. The third-order valence-electron chi connectivity index (χ3n) is 2.83. The van der Waals surface area contributed by atoms with Gasteiger partial charge in [0.05, 0.1) is 18.1 Å². The molecule has 2 aromatic carbocycles. The van der Waals surface area contributed by atoms with Gasteiger partial charge in [-0.15, -0.1) is 0 Å². The number of nitriles is 1. The number of nitrogens with zero attached hydrogens (tertiary/aromatic N) is 1. The van der Waals surface area contributed by atoms with Gasteiger partial charge in [-0.1, -0.05) is 40.2 Å². The normalized spacial score (nSPS) is 9.80. The third-order valence-corrected chi connectivity index (χ3v) is 3.32. The SMILES string of the molecule is N#Cc1ccc(CNC(=O)Cc2cccc(Br)c2)cc1. The molecule has 0 aromatic heterocycles. The van der Waals surface area contributed by atoms with Crippen LogP contribution in [0.5, 0.6) is 0 Å². The van der Waals surface area contributed by atoms with E-state index in [0.29, 0.717) is 18.5 Å². The molecule has 0 fully saturated rings. The third kappa shape index (κ3) is 4.22. The van der Waals surface area contributed by atoms with Crippen LogP contribution >= 0.6 is 15.9 Å². The summed E-state index contributed by atoms with van der Waals surface area (Å²) in [5, 5.41) is 11.6. The number of rotatable bonds is 4. The summed E-state index contributed by atoms with van der Waals surface area (Å²) < 4.78 is 0.967. The lowest BCUT2D eigenvalue weighted by Crippen LogP contribution is -2.24. The molecule has 2 rings (SSSR count). The number of hydrogen-bond acceptors (Lipinski definition) is 2. The van der Waals surface area contributed by atoms with E-state index in [4.69, 9.17) is 5.26 Å². The Kier molecular flexibility index (Phi) is 4.91. The highest BCUT2D eigenvalue weighted by molar-refractivity contribution is 9.10. The highest BCUT2D eigenvalue weighted by Gasteiger charge is 2.03. The molecule has 0 unspecified atom stereocenters. The zero-order valence-electron chi connectivity index (χ0n) is 10.8. The zero-order chi connectivity index (χ0) is 14.4. The summed E-state index contributed by atoms with van der Waals surface area (Å²) >= 11 is 3.38. The standard InChI is InChI=1S/C16H13BrN2O/c17-15-3-1-2-14(8-15)9-16(20)19-11-13-6-4-12(10-18)5-7-13/h1-8H,9,11H2,(H,19,20). The lowest BCUT2D eigenvalue weighted by atomic mass is 10.1. The van der Waals surface area contributed by atoms with Gasteiger partial charge in [-0.3, -0.25) is 4.79 Å². The Balaban J connectivity index is 1.87. The second-order valence-corrected chi connectivity index (χ2v) is 5.31. The number of carbonyl (C=O) groups is 1. The Morgan fingerprint density at radius 3 is 2.55 bits per heavy atom. The molecule has 20 heavy (non-hydrogen) atoms. The average Bonchev–Trinajstić information content (AvgIpc) is 2.46. The van der Waals surface area contributed by atoms with Gasteiger partial charge < -0.3 is 5.32 Å². The predicted octanol–water partition coefficient (Wildman–Crippen LogP) is 3.18. The Morgan fingerprint density at radius 2 is 1.90 bits per heavy atom. The van der Waals surface area contributed by atoms with Gasteiger partial charge >= 0.3 is 0 Å². The van der Waals surface area contributed by atoms with Gasteiger partial charge in [0.15, 0.2) is 0 Å². The van der Waals surface area contributed by atoms with Crippen LogP contribution in [0.25, 0.3) is 0 Å². The van der Waals surface area contributed by atoms with Gasteiger partial charge in [0, 0.05) is 11.0 Å². The van der Waals surface area contributed by atoms with Gasteiger partial charge in [0.2, 0.25) is 5.91 Å². The summed E-state index contributed by atoms with van der Waals surface area (Å²) in [4.78, 5) is 11.8. The Morgan fingerprint density at radius 1 is 1.15 bits per heavy atom. The van der Waals surface area contributed by atoms with E-state index in [1.54, 1.807) is 12.1 Å². The molecular formula is C16H13BrN2O. The Bertz CT molecular complexity index is 644. The first-order chi connectivity index (χ1) is 9.67. The average molecular weight is 329 g/mol. The second-order valence-electron chi connectivity index (χ2n) is 4.39. The van der Waals surface area contributed by atoms with Crippen molar-refractivity contribution >= 4 is 21.8 Å². The first-order valence-corrected chi connectivity index (χ1v) is 6.97. The van der Waals surface area contributed by atoms with Crippen molar-refractivity contribution in [1.29, 1.82) is 5.26 Å². The van der Waals surface area contributed by atoms with Gasteiger partial charge in [-0.05, 0) is 35.4 Å². The molecule has 1 N–H and O–H groups in total. The van der Waals surface area contributed by atoms with Crippen molar-refractivity contribution in [3.8, 4) is 6.07 Å². The molecule has 3 nitrogen and oxygen atoms in total. The van der Waals surface area contributed by atoms with Crippen molar-refractivity contribution in [3.63, 3.8) is 0 Å². The van der Waals surface area contributed by atoms with Crippen molar-refractivity contribution in [2.24, 2.45) is 0 Å². The van der Waals surface area contributed by atoms with Crippen molar-refractivity contribution in [3.05, 3.63) is 69.7 Å². The van der Waals surface area contributed by atoms with Crippen LogP contribution in [0.15, 0.2) is 53.0 Å². The Hall–Kier alpha value is -2.12. The highest BCUT2D eigenvalue weighted by atomic mass is 79.9. The molecule has 0 aliphatic heterocycles. The monoisotopic (exact) mass is 328 g/mol. The summed E-state index contributed by atoms with van der Waals surface area (Å²) in [6, 6.07) is 16.9. The number of carbonyl (C=O) groups excluding carboxylic acids is 1. The summed E-state index contributed by atoms with van der Waals surface area (Å²) in [6.45, 7) is 0.471. The molecule has 0 saturated heterocycles. The predicted molar refractivity (Wildman–Crippen MR) is 80.8 cm³/mol. The van der Waals surface area contributed by atoms with Crippen molar-refractivity contribution in [1.82, 2.24) is 5.32 Å². The lowest BCUT2D eigenvalue weighted by molar-refractivity contribution is -0.120. The van der Waals surface area contributed by atoms with Crippen LogP contribution in [-0.4, -0.2) is 5.91 Å². The molecule has 0 radical (unpaired) electrons. The molecule has 4 heteroatoms. The second kappa shape index (κ2) is 6.88. The van der Waals surface area contributed by atoms with Crippen molar-refractivity contribution < 1.29 is 4.79 Å². The first-order valence-electron chi connectivity index (χ1n) is 6.17. The molecular weight excluding hydrogens is 316 g/mol. The van der Waals surface area contributed by atoms with Crippen LogP contribution in [0.2, 0.25) is 0 Å². The van der Waals surface area contributed by atoms with Gasteiger partial charge in [-0.2, -0.15) is 5.26 Å². The molecule has 0 spiro atoms. The van der Waals surface area contributed by atoms with Crippen LogP contribution in [0, 0.1) is 11.3 Å². The number of hydrogen-bond donors (Lipinski definition) is 1. The maximum absolute atomic E-state index is 11.8. The molecule has 0 aliphatic rings. The van der Waals surface area contributed by atoms with E-state index in [1.165, 1.54) is 0 Å². The molecule has 0 bridgehead atoms. The quantitative estimate of drug-likeness (QED) is 0.937. The van der Waals surface area contributed by atoms with E-state index in [1.807, 2.05) is 36.4 Å². The zero-order valence-corrected chi connectivity index (χ0v) is 12.4. The van der Waals surface area contributed by atoms with Crippen molar-refractivity contribution in [2.75, 3.05) is 0 Å². The van der Waals surface area contributed by atoms with Crippen LogP contribution in [0.3, 0.4) is 0 Å². The number of benzene rings is 2. The maximum atomic E-state index is 11.8. The lowest BCUT2D eigenvalue weighted by Gasteiger charge is -2.06. The smallest absolute Gasteiger partial charge is 0.224 e. The molecule has 0 aliphatic carbocycles. The molecule has 0 atom stereocenters. The fourth-order valence-corrected chi connectivity index (χ4v) is 2.24. The minimum Gasteiger partial charge on any atom is -0.352 e. The fourth-order valence-electron chi connectivity index (χ4n) is 1.79. The molecule has 2 aromatic rings. The van der Waals surface area contributed by atoms with E-state index in [0.717, 1.165) is 15.6 Å². The molecule has 100 valence electrons. The largest absolute Gasteiger partial charge is 0.352 e. The highest BCUT2D eigenvalue weighted by Crippen LogP contribution is 2.12. The minimum absolute atomic E-state index is 0.0209. The van der Waals surface area contributed by atoms with Crippen molar-refractivity contribution in [2.45, 2.75) is 13.0 Å². The molecule has 0 saturated carbocycles. The van der Waals surface area contributed by atoms with Gasteiger partial charge in [0.1, 0.15) is 0 Å². The summed E-state index contributed by atoms with van der Waals surface area (Å²) in [6.07, 6.45) is 0.357. The fraction of sp³-hybridized carbons (Fsp3) is 0.125. The topological polar surface area (TPSA) is 52.9 Å². The summed E-state index contributed by atoms with van der Waals surface area (Å²) in [5.41, 5.74) is 2.57. The van der Waals surface area contributed by atoms with Crippen LogP contribution in [0.1, 0.15) is 16.7 Å². The number of halogens is 1. The van der Waals surface area contributed by atoms with Crippen LogP contribution in [0.4, 0.5) is 0 Å². The Labute approximate surface area is 126 Å². The summed E-state index contributed by atoms with van der Waals surface area (Å²) in [5.74, 6) is -0.0209.